The van der Waals surface area contributed by atoms with Crippen LogP contribution in [0.2, 0.25) is 0 Å². The number of ether oxygens (including phenoxy) is 2. The molecule has 2 aromatic rings. The summed E-state index contributed by atoms with van der Waals surface area (Å²) in [5.41, 5.74) is 0.957. The summed E-state index contributed by atoms with van der Waals surface area (Å²) in [6.45, 7) is 4.17. The van der Waals surface area contributed by atoms with Gasteiger partial charge in [-0.1, -0.05) is 45.7 Å². The molecule has 4 nitrogen and oxygen atoms in total. The molecule has 1 saturated carbocycles. The molecule has 3 rings (SSSR count). The summed E-state index contributed by atoms with van der Waals surface area (Å²) in [7, 11) is 0. The lowest BCUT2D eigenvalue weighted by atomic mass is 9.79. The number of benzene rings is 2. The lowest BCUT2D eigenvalue weighted by Crippen LogP contribution is -2.44. The van der Waals surface area contributed by atoms with E-state index in [9.17, 15) is 9.59 Å². The number of rotatable bonds is 4. The second-order valence-electron chi connectivity index (χ2n) is 7.38. The molecule has 0 heterocycles. The average Bonchev–Trinajstić information content (AvgIpc) is 2.65. The van der Waals surface area contributed by atoms with Crippen molar-refractivity contribution in [2.24, 2.45) is 11.8 Å². The van der Waals surface area contributed by atoms with Crippen LogP contribution < -0.4 is 0 Å². The Bertz CT molecular complexity index is 833. The van der Waals surface area contributed by atoms with Gasteiger partial charge in [-0.15, -0.1) is 0 Å². The van der Waals surface area contributed by atoms with E-state index >= 15 is 0 Å². The van der Waals surface area contributed by atoms with Gasteiger partial charge in [0.05, 0.1) is 11.1 Å². The van der Waals surface area contributed by atoms with Crippen molar-refractivity contribution >= 4 is 43.8 Å². The van der Waals surface area contributed by atoms with Gasteiger partial charge in [0.1, 0.15) is 12.2 Å². The van der Waals surface area contributed by atoms with Crippen LogP contribution in [0.25, 0.3) is 0 Å². The number of carbonyl (C=O) groups is 2. The standard InChI is InChI=1S/C22H22Br2O4/c1-13-11-14(2)20(28-22(26)16-5-9-18(24)10-6-16)19(12-13)27-21(25)15-3-7-17(23)8-4-15/h3-10,13-14,19-20H,11-12H2,1-2H3/t13?,14?,19-,20+/m0/s1. The molecule has 0 amide bonds. The summed E-state index contributed by atoms with van der Waals surface area (Å²) >= 11 is 6.72. The molecule has 0 aliphatic heterocycles. The van der Waals surface area contributed by atoms with Gasteiger partial charge in [-0.05, 0) is 73.2 Å². The van der Waals surface area contributed by atoms with E-state index in [4.69, 9.17) is 9.47 Å². The molecular weight excluding hydrogens is 488 g/mol. The topological polar surface area (TPSA) is 52.6 Å². The van der Waals surface area contributed by atoms with Crippen molar-refractivity contribution in [1.82, 2.24) is 0 Å². The number of hydrogen-bond acceptors (Lipinski definition) is 4. The molecule has 4 atom stereocenters. The highest BCUT2D eigenvalue weighted by atomic mass is 79.9. The molecular formula is C22H22Br2O4. The van der Waals surface area contributed by atoms with Crippen LogP contribution in [-0.2, 0) is 9.47 Å². The molecule has 0 N–H and O–H groups in total. The lowest BCUT2D eigenvalue weighted by Gasteiger charge is -2.38. The summed E-state index contributed by atoms with van der Waals surface area (Å²) < 4.78 is 13.4. The Kier molecular flexibility index (Phi) is 6.94. The third-order valence-electron chi connectivity index (χ3n) is 5.00. The van der Waals surface area contributed by atoms with Gasteiger partial charge < -0.3 is 9.47 Å². The zero-order chi connectivity index (χ0) is 20.3. The molecule has 0 radical (unpaired) electrons. The van der Waals surface area contributed by atoms with E-state index in [-0.39, 0.29) is 5.92 Å². The first-order valence-electron chi connectivity index (χ1n) is 9.26. The van der Waals surface area contributed by atoms with Crippen molar-refractivity contribution < 1.29 is 19.1 Å². The van der Waals surface area contributed by atoms with E-state index in [1.807, 2.05) is 6.92 Å². The molecule has 6 heteroatoms. The number of esters is 2. The molecule has 1 fully saturated rings. The van der Waals surface area contributed by atoms with Crippen molar-refractivity contribution in [3.63, 3.8) is 0 Å². The van der Waals surface area contributed by atoms with Crippen molar-refractivity contribution in [3.8, 4) is 0 Å². The zero-order valence-electron chi connectivity index (χ0n) is 15.7. The van der Waals surface area contributed by atoms with Crippen molar-refractivity contribution in [2.45, 2.75) is 38.9 Å². The summed E-state index contributed by atoms with van der Waals surface area (Å²) in [6.07, 6.45) is 0.663. The maximum Gasteiger partial charge on any atom is 0.338 e. The first kappa shape index (κ1) is 21.1. The van der Waals surface area contributed by atoms with Gasteiger partial charge in [0.2, 0.25) is 0 Å². The van der Waals surface area contributed by atoms with Crippen molar-refractivity contribution in [2.75, 3.05) is 0 Å². The van der Waals surface area contributed by atoms with Crippen LogP contribution in [0.4, 0.5) is 0 Å². The third kappa shape index (κ3) is 5.23. The second kappa shape index (κ2) is 9.23. The van der Waals surface area contributed by atoms with E-state index in [0.29, 0.717) is 23.5 Å². The number of hydrogen-bond donors (Lipinski definition) is 0. The van der Waals surface area contributed by atoms with Gasteiger partial charge in [0.25, 0.3) is 0 Å². The highest BCUT2D eigenvalue weighted by Crippen LogP contribution is 2.34. The Morgan fingerprint density at radius 2 is 1.25 bits per heavy atom. The maximum absolute atomic E-state index is 12.6. The fourth-order valence-corrected chi connectivity index (χ4v) is 4.17. The third-order valence-corrected chi connectivity index (χ3v) is 6.05. The summed E-state index contributed by atoms with van der Waals surface area (Å²) in [5, 5.41) is 0. The van der Waals surface area contributed by atoms with Gasteiger partial charge >= 0.3 is 11.9 Å². The average molecular weight is 510 g/mol. The molecule has 1 aliphatic carbocycles. The molecule has 0 bridgehead atoms. The summed E-state index contributed by atoms with van der Waals surface area (Å²) in [4.78, 5) is 25.2. The summed E-state index contributed by atoms with van der Waals surface area (Å²) in [6, 6.07) is 14.1. The predicted octanol–water partition coefficient (Wildman–Crippen LogP) is 6.03. The maximum atomic E-state index is 12.6. The van der Waals surface area contributed by atoms with E-state index in [0.717, 1.165) is 15.4 Å². The zero-order valence-corrected chi connectivity index (χ0v) is 18.9. The first-order chi connectivity index (χ1) is 13.3. The molecule has 0 saturated heterocycles. The highest BCUT2D eigenvalue weighted by Gasteiger charge is 2.39. The van der Waals surface area contributed by atoms with Crippen LogP contribution in [0.5, 0.6) is 0 Å². The molecule has 2 aromatic carbocycles. The molecule has 0 aromatic heterocycles. The minimum Gasteiger partial charge on any atom is -0.455 e. The Labute approximate surface area is 181 Å². The van der Waals surface area contributed by atoms with Crippen LogP contribution in [0, 0.1) is 11.8 Å². The van der Waals surface area contributed by atoms with Crippen molar-refractivity contribution in [1.29, 1.82) is 0 Å². The monoisotopic (exact) mass is 508 g/mol. The molecule has 28 heavy (non-hydrogen) atoms. The smallest absolute Gasteiger partial charge is 0.338 e. The summed E-state index contributed by atoms with van der Waals surface area (Å²) in [5.74, 6) is -0.307. The highest BCUT2D eigenvalue weighted by molar-refractivity contribution is 9.10. The Morgan fingerprint density at radius 3 is 1.75 bits per heavy atom. The molecule has 1 aliphatic rings. The Morgan fingerprint density at radius 1 is 0.786 bits per heavy atom. The minimum atomic E-state index is -0.466. The number of carbonyl (C=O) groups excluding carboxylic acids is 2. The first-order valence-corrected chi connectivity index (χ1v) is 10.8. The predicted molar refractivity (Wildman–Crippen MR) is 114 cm³/mol. The Balaban J connectivity index is 1.74. The van der Waals surface area contributed by atoms with Crippen LogP contribution in [-0.4, -0.2) is 24.1 Å². The van der Waals surface area contributed by atoms with Gasteiger partial charge in [0, 0.05) is 8.95 Å². The molecule has 0 spiro atoms. The van der Waals surface area contributed by atoms with E-state index in [1.54, 1.807) is 48.5 Å². The van der Waals surface area contributed by atoms with Crippen LogP contribution in [0.3, 0.4) is 0 Å². The van der Waals surface area contributed by atoms with Crippen LogP contribution in [0.1, 0.15) is 47.4 Å². The van der Waals surface area contributed by atoms with E-state index in [1.165, 1.54) is 0 Å². The Hall–Kier alpha value is -1.66. The SMILES string of the molecule is CC1CC(C)[C@@H](OC(=O)c2ccc(Br)cc2)[C@@H](OC(=O)c2ccc(Br)cc2)C1. The van der Waals surface area contributed by atoms with E-state index < -0.39 is 24.1 Å². The van der Waals surface area contributed by atoms with E-state index in [2.05, 4.69) is 38.8 Å². The van der Waals surface area contributed by atoms with Gasteiger partial charge in [-0.3, -0.25) is 0 Å². The normalized spacial score (nSPS) is 24.4. The molecule has 148 valence electrons. The minimum absolute atomic E-state index is 0.103. The van der Waals surface area contributed by atoms with Gasteiger partial charge in [-0.25, -0.2) is 9.59 Å². The molecule has 2 unspecified atom stereocenters. The van der Waals surface area contributed by atoms with Crippen molar-refractivity contribution in [3.05, 3.63) is 68.6 Å². The largest absolute Gasteiger partial charge is 0.455 e. The quantitative estimate of drug-likeness (QED) is 0.472. The van der Waals surface area contributed by atoms with Crippen LogP contribution >= 0.6 is 31.9 Å². The number of halogens is 2. The van der Waals surface area contributed by atoms with Gasteiger partial charge in [-0.2, -0.15) is 0 Å². The van der Waals surface area contributed by atoms with Crippen LogP contribution in [0.15, 0.2) is 57.5 Å². The van der Waals surface area contributed by atoms with Gasteiger partial charge in [0.15, 0.2) is 0 Å². The fourth-order valence-electron chi connectivity index (χ4n) is 3.64. The lowest BCUT2D eigenvalue weighted by molar-refractivity contribution is -0.0800. The second-order valence-corrected chi connectivity index (χ2v) is 9.21. The fraction of sp³-hybridized carbons (Fsp3) is 0.364.